The molecule has 3 heteroatoms. The van der Waals surface area contributed by atoms with Crippen LogP contribution in [-0.2, 0) is 6.42 Å². The largest absolute Gasteiger partial charge is 0.469 e. The number of hydrogen-bond donors (Lipinski definition) is 2. The molecule has 1 rings (SSSR count). The molecule has 0 spiro atoms. The van der Waals surface area contributed by atoms with E-state index in [0.29, 0.717) is 6.42 Å². The Hall–Kier alpha value is -0.800. The first-order chi connectivity index (χ1) is 3.93. The van der Waals surface area contributed by atoms with Crippen LogP contribution in [0.1, 0.15) is 5.76 Å². The fourth-order valence-electron chi connectivity index (χ4n) is 0.565. The molecule has 0 amide bonds. The quantitative estimate of drug-likeness (QED) is 0.625. The second-order valence-electron chi connectivity index (χ2n) is 1.55. The Kier molecular flexibility index (Phi) is 3.75. The van der Waals surface area contributed by atoms with Gasteiger partial charge in [-0.15, -0.1) is 0 Å². The lowest BCUT2D eigenvalue weighted by atomic mass is 10.3. The number of furan rings is 1. The first-order valence-corrected chi connectivity index (χ1v) is 2.56. The van der Waals surface area contributed by atoms with E-state index in [1.165, 1.54) is 0 Å². The van der Waals surface area contributed by atoms with Crippen LogP contribution in [0, 0.1) is 0 Å². The van der Waals surface area contributed by atoms with Crippen LogP contribution in [0.25, 0.3) is 0 Å². The normalized spacial score (nSPS) is 8.56. The minimum absolute atomic E-state index is 0. The molecule has 0 saturated carbocycles. The maximum atomic E-state index is 8.38. The predicted octanol–water partition coefficient (Wildman–Crippen LogP) is 0.976. The van der Waals surface area contributed by atoms with Crippen molar-refractivity contribution in [2.45, 2.75) is 6.42 Å². The molecule has 0 aliphatic rings. The Morgan fingerprint density at radius 3 is 2.78 bits per heavy atom. The van der Waals surface area contributed by atoms with Crippen LogP contribution in [0.3, 0.4) is 0 Å². The van der Waals surface area contributed by atoms with Gasteiger partial charge >= 0.3 is 0 Å². The summed E-state index contributed by atoms with van der Waals surface area (Å²) in [5.74, 6) is 0.840. The lowest BCUT2D eigenvalue weighted by molar-refractivity contribution is 0.288. The monoisotopic (exact) mass is 129 g/mol. The highest BCUT2D eigenvalue weighted by atomic mass is 16.3. The van der Waals surface area contributed by atoms with Crippen molar-refractivity contribution in [3.05, 3.63) is 24.2 Å². The van der Waals surface area contributed by atoms with Crippen LogP contribution in [0.5, 0.6) is 0 Å². The lowest BCUT2D eigenvalue weighted by Gasteiger charge is -1.85. The Morgan fingerprint density at radius 2 is 2.33 bits per heavy atom. The topological polar surface area (TPSA) is 68.4 Å². The molecule has 0 aromatic carbocycles. The summed E-state index contributed by atoms with van der Waals surface area (Å²) >= 11 is 0. The van der Waals surface area contributed by atoms with Gasteiger partial charge in [0, 0.05) is 6.42 Å². The highest BCUT2D eigenvalue weighted by Gasteiger charge is 1.89. The SMILES string of the molecule is N.OCCc1ccco1. The molecule has 0 fully saturated rings. The summed E-state index contributed by atoms with van der Waals surface area (Å²) in [5, 5.41) is 8.38. The predicted molar refractivity (Wildman–Crippen MR) is 34.5 cm³/mol. The van der Waals surface area contributed by atoms with E-state index >= 15 is 0 Å². The Balaban J connectivity index is 0.000000640. The number of aliphatic hydroxyl groups is 1. The molecule has 1 aromatic heterocycles. The van der Waals surface area contributed by atoms with Gasteiger partial charge in [0.25, 0.3) is 0 Å². The first-order valence-electron chi connectivity index (χ1n) is 2.56. The summed E-state index contributed by atoms with van der Waals surface area (Å²) in [7, 11) is 0. The van der Waals surface area contributed by atoms with E-state index in [4.69, 9.17) is 9.52 Å². The third-order valence-electron chi connectivity index (χ3n) is 0.938. The van der Waals surface area contributed by atoms with Crippen LogP contribution in [0.4, 0.5) is 0 Å². The van der Waals surface area contributed by atoms with E-state index in [0.717, 1.165) is 5.76 Å². The van der Waals surface area contributed by atoms with E-state index < -0.39 is 0 Å². The molecule has 4 N–H and O–H groups in total. The van der Waals surface area contributed by atoms with Crippen LogP contribution >= 0.6 is 0 Å². The van der Waals surface area contributed by atoms with Crippen molar-refractivity contribution in [2.24, 2.45) is 0 Å². The fourth-order valence-corrected chi connectivity index (χ4v) is 0.565. The van der Waals surface area contributed by atoms with Crippen molar-refractivity contribution >= 4 is 0 Å². The lowest BCUT2D eigenvalue weighted by Crippen LogP contribution is -1.85. The summed E-state index contributed by atoms with van der Waals surface area (Å²) in [5.41, 5.74) is 0. The molecular formula is C6H11NO2. The molecule has 1 heterocycles. The van der Waals surface area contributed by atoms with Gasteiger partial charge in [0.05, 0.1) is 12.9 Å². The first kappa shape index (κ1) is 8.20. The second-order valence-corrected chi connectivity index (χ2v) is 1.55. The minimum Gasteiger partial charge on any atom is -0.469 e. The zero-order valence-electron chi connectivity index (χ0n) is 5.21. The zero-order chi connectivity index (χ0) is 5.82. The Morgan fingerprint density at radius 1 is 1.56 bits per heavy atom. The molecule has 9 heavy (non-hydrogen) atoms. The standard InChI is InChI=1S/C6H8O2.H3N/c7-4-3-6-2-1-5-8-6;/h1-2,5,7H,3-4H2;1H3. The van der Waals surface area contributed by atoms with Crippen molar-refractivity contribution < 1.29 is 9.52 Å². The van der Waals surface area contributed by atoms with Gasteiger partial charge in [0.15, 0.2) is 0 Å². The number of hydrogen-bond acceptors (Lipinski definition) is 3. The highest BCUT2D eigenvalue weighted by molar-refractivity contribution is 4.97. The summed E-state index contributed by atoms with van der Waals surface area (Å²) in [4.78, 5) is 0. The van der Waals surface area contributed by atoms with Gasteiger partial charge < -0.3 is 15.7 Å². The number of rotatable bonds is 2. The second kappa shape index (κ2) is 4.12. The van der Waals surface area contributed by atoms with E-state index in [1.54, 1.807) is 6.26 Å². The summed E-state index contributed by atoms with van der Waals surface area (Å²) in [6.45, 7) is 0.160. The average Bonchev–Trinajstić information content (AvgIpc) is 2.19. The minimum atomic E-state index is 0. The van der Waals surface area contributed by atoms with E-state index in [1.807, 2.05) is 12.1 Å². The van der Waals surface area contributed by atoms with Crippen molar-refractivity contribution in [3.8, 4) is 0 Å². The molecule has 0 atom stereocenters. The smallest absolute Gasteiger partial charge is 0.106 e. The molecule has 0 saturated heterocycles. The van der Waals surface area contributed by atoms with Crippen molar-refractivity contribution in [1.29, 1.82) is 0 Å². The fraction of sp³-hybridized carbons (Fsp3) is 0.333. The Bertz CT molecular complexity index is 137. The van der Waals surface area contributed by atoms with Gasteiger partial charge in [-0.05, 0) is 12.1 Å². The van der Waals surface area contributed by atoms with Gasteiger partial charge in [0.1, 0.15) is 5.76 Å². The van der Waals surface area contributed by atoms with E-state index in [-0.39, 0.29) is 12.8 Å². The summed E-state index contributed by atoms with van der Waals surface area (Å²) < 4.78 is 4.91. The van der Waals surface area contributed by atoms with Crippen LogP contribution in [-0.4, -0.2) is 11.7 Å². The van der Waals surface area contributed by atoms with Gasteiger partial charge in [-0.25, -0.2) is 0 Å². The van der Waals surface area contributed by atoms with Crippen LogP contribution in [0.2, 0.25) is 0 Å². The molecule has 0 bridgehead atoms. The molecular weight excluding hydrogens is 118 g/mol. The summed E-state index contributed by atoms with van der Waals surface area (Å²) in [6.07, 6.45) is 2.22. The molecule has 52 valence electrons. The highest BCUT2D eigenvalue weighted by Crippen LogP contribution is 1.98. The maximum absolute atomic E-state index is 8.38. The third-order valence-corrected chi connectivity index (χ3v) is 0.938. The molecule has 0 aliphatic carbocycles. The van der Waals surface area contributed by atoms with Gasteiger partial charge in [-0.2, -0.15) is 0 Å². The van der Waals surface area contributed by atoms with Crippen molar-refractivity contribution in [3.63, 3.8) is 0 Å². The van der Waals surface area contributed by atoms with Crippen LogP contribution in [0.15, 0.2) is 22.8 Å². The van der Waals surface area contributed by atoms with Crippen molar-refractivity contribution in [1.82, 2.24) is 6.15 Å². The molecule has 0 aliphatic heterocycles. The van der Waals surface area contributed by atoms with E-state index in [2.05, 4.69) is 0 Å². The molecule has 1 aromatic rings. The van der Waals surface area contributed by atoms with E-state index in [9.17, 15) is 0 Å². The summed E-state index contributed by atoms with van der Waals surface area (Å²) in [6, 6.07) is 3.65. The van der Waals surface area contributed by atoms with Crippen LogP contribution < -0.4 is 6.15 Å². The van der Waals surface area contributed by atoms with Gasteiger partial charge in [-0.3, -0.25) is 0 Å². The van der Waals surface area contributed by atoms with Gasteiger partial charge in [-0.1, -0.05) is 0 Å². The zero-order valence-corrected chi connectivity index (χ0v) is 5.21. The molecule has 0 unspecified atom stereocenters. The van der Waals surface area contributed by atoms with Crippen molar-refractivity contribution in [2.75, 3.05) is 6.61 Å². The molecule has 0 radical (unpaired) electrons. The maximum Gasteiger partial charge on any atom is 0.106 e. The third kappa shape index (κ3) is 2.30. The number of aliphatic hydroxyl groups excluding tert-OH is 1. The Labute approximate surface area is 53.9 Å². The van der Waals surface area contributed by atoms with Gasteiger partial charge in [0.2, 0.25) is 0 Å². The average molecular weight is 129 g/mol. The molecule has 3 nitrogen and oxygen atoms in total.